The molecule has 0 saturated heterocycles. The first-order valence-electron chi connectivity index (χ1n) is 3.41. The minimum atomic E-state index is 0.178. The van der Waals surface area contributed by atoms with E-state index in [2.05, 4.69) is 22.6 Å². The summed E-state index contributed by atoms with van der Waals surface area (Å²) in [4.78, 5) is 0. The van der Waals surface area contributed by atoms with Crippen LogP contribution >= 0.6 is 45.8 Å². The van der Waals surface area contributed by atoms with Crippen LogP contribution in [0.2, 0.25) is 10.0 Å². The van der Waals surface area contributed by atoms with Gasteiger partial charge in [-0.1, -0.05) is 23.2 Å². The lowest BCUT2D eigenvalue weighted by Crippen LogP contribution is -2.00. The van der Waals surface area contributed by atoms with Crippen LogP contribution in [-0.2, 0) is 4.74 Å². The van der Waals surface area contributed by atoms with Crippen molar-refractivity contribution >= 4 is 45.8 Å². The minimum absolute atomic E-state index is 0.178. The maximum absolute atomic E-state index is 5.90. The molecule has 1 rings (SSSR count). The molecule has 1 aromatic carbocycles. The summed E-state index contributed by atoms with van der Waals surface area (Å²) < 4.78 is 10.9. The highest BCUT2D eigenvalue weighted by Crippen LogP contribution is 2.33. The summed E-state index contributed by atoms with van der Waals surface area (Å²) in [6, 6.07) is 3.41. The van der Waals surface area contributed by atoms with Crippen LogP contribution in [0.1, 0.15) is 0 Å². The lowest BCUT2D eigenvalue weighted by molar-refractivity contribution is 0.0506. The first-order valence-corrected chi connectivity index (χ1v) is 5.25. The summed E-state index contributed by atoms with van der Waals surface area (Å²) >= 11 is 13.8. The van der Waals surface area contributed by atoms with Crippen LogP contribution in [0.5, 0.6) is 5.75 Å². The van der Waals surface area contributed by atoms with Crippen LogP contribution in [-0.4, -0.2) is 13.9 Å². The van der Waals surface area contributed by atoms with Crippen LogP contribution in [0.3, 0.4) is 0 Å². The Morgan fingerprint density at radius 1 is 1.38 bits per heavy atom. The Hall–Kier alpha value is 0.290. The van der Waals surface area contributed by atoms with Crippen molar-refractivity contribution in [3.05, 3.63) is 25.7 Å². The summed E-state index contributed by atoms with van der Waals surface area (Å²) in [6.45, 7) is 0.178. The number of rotatable bonds is 3. The Morgan fingerprint density at radius 2 is 2.08 bits per heavy atom. The lowest BCUT2D eigenvalue weighted by atomic mass is 10.3. The zero-order chi connectivity index (χ0) is 9.84. The fourth-order valence-electron chi connectivity index (χ4n) is 0.785. The highest BCUT2D eigenvalue weighted by atomic mass is 127. The molecule has 0 fully saturated rings. The van der Waals surface area contributed by atoms with Gasteiger partial charge in [0.05, 0.1) is 8.59 Å². The van der Waals surface area contributed by atoms with Crippen molar-refractivity contribution in [2.75, 3.05) is 13.9 Å². The second-order valence-corrected chi connectivity index (χ2v) is 4.26. The molecule has 0 aliphatic heterocycles. The average molecular weight is 333 g/mol. The van der Waals surface area contributed by atoms with Gasteiger partial charge in [-0.05, 0) is 34.7 Å². The van der Waals surface area contributed by atoms with Crippen LogP contribution in [0.25, 0.3) is 0 Å². The van der Waals surface area contributed by atoms with E-state index in [9.17, 15) is 0 Å². The standard InChI is InChI=1S/C8H7Cl2IO2/c1-12-4-13-8-6(10)2-5(9)3-7(8)11/h2-3H,4H2,1H3. The fraction of sp³-hybridized carbons (Fsp3) is 0.250. The molecule has 72 valence electrons. The van der Waals surface area contributed by atoms with Crippen LogP contribution in [0.15, 0.2) is 12.1 Å². The zero-order valence-corrected chi connectivity index (χ0v) is 10.5. The van der Waals surface area contributed by atoms with E-state index in [0.29, 0.717) is 15.8 Å². The summed E-state index contributed by atoms with van der Waals surface area (Å²) in [5, 5.41) is 1.09. The van der Waals surface area contributed by atoms with Crippen molar-refractivity contribution < 1.29 is 9.47 Å². The molecule has 0 unspecified atom stereocenters. The third kappa shape index (κ3) is 3.16. The normalized spacial score (nSPS) is 10.2. The molecule has 13 heavy (non-hydrogen) atoms. The van der Waals surface area contributed by atoms with Gasteiger partial charge in [0.2, 0.25) is 0 Å². The number of methoxy groups -OCH3 is 1. The van der Waals surface area contributed by atoms with E-state index in [4.69, 9.17) is 32.7 Å². The maximum Gasteiger partial charge on any atom is 0.188 e. The molecule has 1 aromatic rings. The Bertz CT molecular complexity index is 281. The number of benzene rings is 1. The van der Waals surface area contributed by atoms with E-state index in [1.165, 1.54) is 0 Å². The van der Waals surface area contributed by atoms with Gasteiger partial charge < -0.3 is 9.47 Å². The predicted octanol–water partition coefficient (Wildman–Crippen LogP) is 3.58. The second-order valence-electron chi connectivity index (χ2n) is 2.25. The highest BCUT2D eigenvalue weighted by Gasteiger charge is 2.07. The summed E-state index contributed by atoms with van der Waals surface area (Å²) in [6.07, 6.45) is 0. The quantitative estimate of drug-likeness (QED) is 0.622. The van der Waals surface area contributed by atoms with Crippen molar-refractivity contribution in [3.8, 4) is 5.75 Å². The Kier molecular flexibility index (Phi) is 4.58. The van der Waals surface area contributed by atoms with E-state index < -0.39 is 0 Å². The van der Waals surface area contributed by atoms with Crippen molar-refractivity contribution in [3.63, 3.8) is 0 Å². The van der Waals surface area contributed by atoms with Gasteiger partial charge in [0.15, 0.2) is 12.5 Å². The number of hydrogen-bond donors (Lipinski definition) is 0. The molecule has 0 aliphatic carbocycles. The lowest BCUT2D eigenvalue weighted by Gasteiger charge is -2.08. The van der Waals surface area contributed by atoms with Crippen LogP contribution in [0, 0.1) is 3.57 Å². The van der Waals surface area contributed by atoms with Gasteiger partial charge in [-0.2, -0.15) is 0 Å². The molecule has 0 aromatic heterocycles. The Morgan fingerprint density at radius 3 is 2.62 bits per heavy atom. The van der Waals surface area contributed by atoms with Gasteiger partial charge in [0.1, 0.15) is 0 Å². The second kappa shape index (κ2) is 5.24. The molecular weight excluding hydrogens is 326 g/mol. The average Bonchev–Trinajstić information content (AvgIpc) is 2.02. The van der Waals surface area contributed by atoms with Crippen molar-refractivity contribution in [2.24, 2.45) is 0 Å². The fourth-order valence-corrected chi connectivity index (χ4v) is 2.46. The molecule has 0 bridgehead atoms. The molecule has 0 heterocycles. The Balaban J connectivity index is 2.92. The monoisotopic (exact) mass is 332 g/mol. The number of halogens is 3. The van der Waals surface area contributed by atoms with E-state index >= 15 is 0 Å². The first-order chi connectivity index (χ1) is 6.15. The van der Waals surface area contributed by atoms with Gasteiger partial charge in [-0.15, -0.1) is 0 Å². The molecule has 0 atom stereocenters. The molecule has 0 saturated carbocycles. The molecule has 0 spiro atoms. The molecule has 0 N–H and O–H groups in total. The van der Waals surface area contributed by atoms with Crippen LogP contribution < -0.4 is 4.74 Å². The third-order valence-corrected chi connectivity index (χ3v) is 2.58. The van der Waals surface area contributed by atoms with Crippen molar-refractivity contribution in [2.45, 2.75) is 0 Å². The van der Waals surface area contributed by atoms with Gasteiger partial charge in [-0.25, -0.2) is 0 Å². The third-order valence-electron chi connectivity index (χ3n) is 1.28. The number of ether oxygens (including phenoxy) is 2. The van der Waals surface area contributed by atoms with Gasteiger partial charge >= 0.3 is 0 Å². The molecule has 5 heteroatoms. The minimum Gasteiger partial charge on any atom is -0.465 e. The summed E-state index contributed by atoms with van der Waals surface area (Å²) in [5.74, 6) is 0.605. The summed E-state index contributed by atoms with van der Waals surface area (Å²) in [7, 11) is 1.55. The highest BCUT2D eigenvalue weighted by molar-refractivity contribution is 14.1. The van der Waals surface area contributed by atoms with Crippen molar-refractivity contribution in [1.82, 2.24) is 0 Å². The van der Waals surface area contributed by atoms with E-state index in [1.807, 2.05) is 0 Å². The SMILES string of the molecule is COCOc1c(Cl)cc(Cl)cc1I. The van der Waals surface area contributed by atoms with E-state index in [-0.39, 0.29) is 6.79 Å². The first kappa shape index (κ1) is 11.4. The molecule has 2 nitrogen and oxygen atoms in total. The van der Waals surface area contributed by atoms with Crippen LogP contribution in [0.4, 0.5) is 0 Å². The molecule has 0 aliphatic rings. The molecule has 0 radical (unpaired) electrons. The predicted molar refractivity (Wildman–Crippen MR) is 61.7 cm³/mol. The maximum atomic E-state index is 5.90. The largest absolute Gasteiger partial charge is 0.465 e. The van der Waals surface area contributed by atoms with Gasteiger partial charge in [0, 0.05) is 12.1 Å². The zero-order valence-electron chi connectivity index (χ0n) is 6.81. The summed E-state index contributed by atoms with van der Waals surface area (Å²) in [5.41, 5.74) is 0. The molecule has 0 amide bonds. The van der Waals surface area contributed by atoms with Gasteiger partial charge in [-0.3, -0.25) is 0 Å². The van der Waals surface area contributed by atoms with E-state index in [1.54, 1.807) is 19.2 Å². The Labute approximate surface area is 100 Å². The van der Waals surface area contributed by atoms with Gasteiger partial charge in [0.25, 0.3) is 0 Å². The van der Waals surface area contributed by atoms with Crippen molar-refractivity contribution in [1.29, 1.82) is 0 Å². The molecular formula is C8H7Cl2IO2. The van der Waals surface area contributed by atoms with E-state index in [0.717, 1.165) is 3.57 Å². The number of hydrogen-bond acceptors (Lipinski definition) is 2. The smallest absolute Gasteiger partial charge is 0.188 e. The topological polar surface area (TPSA) is 18.5 Å².